The Kier molecular flexibility index (Phi) is 7.54. The fraction of sp³-hybridized carbons (Fsp3) is 0.300. The van der Waals surface area contributed by atoms with Crippen molar-refractivity contribution in [1.29, 1.82) is 0 Å². The third kappa shape index (κ3) is 6.78. The molecule has 2 atom stereocenters. The van der Waals surface area contributed by atoms with Crippen molar-refractivity contribution in [1.82, 2.24) is 0 Å². The van der Waals surface area contributed by atoms with Gasteiger partial charge in [-0.25, -0.2) is 0 Å². The number of hydrogen-bond acceptors (Lipinski definition) is 3. The molecule has 2 rings (SSSR count). The standard InChI is InChI=1S/C20H24O3/c21-19(14-15-23-16-17-8-3-1-4-9-17)12-7-13-20(22)18-10-5-2-6-11-18/h1-11,13,19-22H,12,14-16H2/b13-7+/t19-,20+/m1/s1. The van der Waals surface area contributed by atoms with Crippen LogP contribution in [0.3, 0.4) is 0 Å². The molecular weight excluding hydrogens is 288 g/mol. The Morgan fingerprint density at radius 3 is 2.26 bits per heavy atom. The molecule has 122 valence electrons. The van der Waals surface area contributed by atoms with E-state index in [4.69, 9.17) is 4.74 Å². The van der Waals surface area contributed by atoms with Crippen molar-refractivity contribution in [2.45, 2.75) is 31.7 Å². The van der Waals surface area contributed by atoms with Gasteiger partial charge in [0.1, 0.15) is 0 Å². The molecule has 0 heterocycles. The van der Waals surface area contributed by atoms with Crippen LogP contribution in [0.5, 0.6) is 0 Å². The molecule has 0 aliphatic carbocycles. The number of aliphatic hydroxyl groups excluding tert-OH is 2. The lowest BCUT2D eigenvalue weighted by Gasteiger charge is -2.09. The summed E-state index contributed by atoms with van der Waals surface area (Å²) in [4.78, 5) is 0. The minimum atomic E-state index is -0.627. The Labute approximate surface area is 137 Å². The van der Waals surface area contributed by atoms with Crippen LogP contribution in [0.25, 0.3) is 0 Å². The summed E-state index contributed by atoms with van der Waals surface area (Å²) in [6.45, 7) is 1.08. The van der Waals surface area contributed by atoms with E-state index in [-0.39, 0.29) is 0 Å². The van der Waals surface area contributed by atoms with Crippen molar-refractivity contribution in [2.75, 3.05) is 6.61 Å². The minimum Gasteiger partial charge on any atom is -0.393 e. The summed E-state index contributed by atoms with van der Waals surface area (Å²) in [7, 11) is 0. The molecular formula is C20H24O3. The largest absolute Gasteiger partial charge is 0.393 e. The second kappa shape index (κ2) is 9.95. The number of rotatable bonds is 9. The summed E-state index contributed by atoms with van der Waals surface area (Å²) in [5.74, 6) is 0. The summed E-state index contributed by atoms with van der Waals surface area (Å²) in [5.41, 5.74) is 1.98. The highest BCUT2D eigenvalue weighted by Crippen LogP contribution is 2.14. The Balaban J connectivity index is 1.61. The van der Waals surface area contributed by atoms with Gasteiger partial charge in [0.15, 0.2) is 0 Å². The van der Waals surface area contributed by atoms with E-state index in [2.05, 4.69) is 0 Å². The summed E-state index contributed by atoms with van der Waals surface area (Å²) in [6.07, 6.45) is 3.54. The smallest absolute Gasteiger partial charge is 0.0971 e. The third-order valence-corrected chi connectivity index (χ3v) is 3.57. The van der Waals surface area contributed by atoms with Gasteiger partial charge < -0.3 is 14.9 Å². The van der Waals surface area contributed by atoms with Crippen molar-refractivity contribution in [2.24, 2.45) is 0 Å². The monoisotopic (exact) mass is 312 g/mol. The molecule has 0 saturated heterocycles. The first-order chi connectivity index (χ1) is 11.3. The lowest BCUT2D eigenvalue weighted by molar-refractivity contribution is 0.0745. The molecule has 0 amide bonds. The van der Waals surface area contributed by atoms with E-state index in [1.54, 1.807) is 6.08 Å². The molecule has 0 aliphatic rings. The highest BCUT2D eigenvalue weighted by molar-refractivity contribution is 5.20. The van der Waals surface area contributed by atoms with Gasteiger partial charge in [-0.05, 0) is 24.0 Å². The molecule has 3 nitrogen and oxygen atoms in total. The molecule has 0 unspecified atom stereocenters. The highest BCUT2D eigenvalue weighted by Gasteiger charge is 2.04. The van der Waals surface area contributed by atoms with E-state index in [0.29, 0.717) is 26.1 Å². The quantitative estimate of drug-likeness (QED) is 0.549. The number of ether oxygens (including phenoxy) is 1. The van der Waals surface area contributed by atoms with Gasteiger partial charge >= 0.3 is 0 Å². The van der Waals surface area contributed by atoms with Crippen molar-refractivity contribution in [3.05, 3.63) is 83.9 Å². The zero-order chi connectivity index (χ0) is 16.3. The second-order valence-electron chi connectivity index (χ2n) is 5.50. The zero-order valence-electron chi connectivity index (χ0n) is 13.2. The highest BCUT2D eigenvalue weighted by atomic mass is 16.5. The fourth-order valence-corrected chi connectivity index (χ4v) is 2.23. The number of hydrogen-bond donors (Lipinski definition) is 2. The molecule has 0 spiro atoms. The summed E-state index contributed by atoms with van der Waals surface area (Å²) in [6, 6.07) is 19.4. The lowest BCUT2D eigenvalue weighted by atomic mass is 10.1. The van der Waals surface area contributed by atoms with Crippen LogP contribution in [-0.4, -0.2) is 22.9 Å². The van der Waals surface area contributed by atoms with Crippen LogP contribution in [0, 0.1) is 0 Å². The van der Waals surface area contributed by atoms with Gasteiger partial charge in [-0.15, -0.1) is 0 Å². The molecule has 2 aromatic rings. The predicted octanol–water partition coefficient (Wildman–Crippen LogP) is 3.63. The summed E-state index contributed by atoms with van der Waals surface area (Å²) < 4.78 is 5.55. The number of aliphatic hydroxyl groups is 2. The average molecular weight is 312 g/mol. The Morgan fingerprint density at radius 2 is 1.57 bits per heavy atom. The van der Waals surface area contributed by atoms with Crippen LogP contribution >= 0.6 is 0 Å². The molecule has 2 aromatic carbocycles. The van der Waals surface area contributed by atoms with E-state index in [1.165, 1.54) is 0 Å². The van der Waals surface area contributed by atoms with Crippen LogP contribution in [0.4, 0.5) is 0 Å². The molecule has 0 radical (unpaired) electrons. The summed E-state index contributed by atoms with van der Waals surface area (Å²) in [5, 5.41) is 19.9. The second-order valence-corrected chi connectivity index (χ2v) is 5.50. The topological polar surface area (TPSA) is 49.7 Å². The first kappa shape index (κ1) is 17.4. The normalized spacial score (nSPS) is 14.0. The first-order valence-electron chi connectivity index (χ1n) is 7.95. The molecule has 0 fully saturated rings. The van der Waals surface area contributed by atoms with Gasteiger partial charge in [0.2, 0.25) is 0 Å². The van der Waals surface area contributed by atoms with Crippen LogP contribution in [-0.2, 0) is 11.3 Å². The maximum Gasteiger partial charge on any atom is 0.0971 e. The van der Waals surface area contributed by atoms with E-state index in [9.17, 15) is 10.2 Å². The van der Waals surface area contributed by atoms with Gasteiger partial charge in [0, 0.05) is 6.61 Å². The average Bonchev–Trinajstić information content (AvgIpc) is 2.60. The maximum atomic E-state index is 9.98. The Bertz CT molecular complexity index is 566. The van der Waals surface area contributed by atoms with Crippen LogP contribution in [0.15, 0.2) is 72.8 Å². The van der Waals surface area contributed by atoms with E-state index in [1.807, 2.05) is 66.7 Å². The predicted molar refractivity (Wildman–Crippen MR) is 91.9 cm³/mol. The molecule has 2 N–H and O–H groups in total. The van der Waals surface area contributed by atoms with Crippen LogP contribution < -0.4 is 0 Å². The number of benzene rings is 2. The minimum absolute atomic E-state index is 0.454. The Morgan fingerprint density at radius 1 is 0.913 bits per heavy atom. The maximum absolute atomic E-state index is 9.98. The van der Waals surface area contributed by atoms with Crippen molar-refractivity contribution < 1.29 is 14.9 Å². The lowest BCUT2D eigenvalue weighted by Crippen LogP contribution is -2.09. The first-order valence-corrected chi connectivity index (χ1v) is 7.95. The SMILES string of the molecule is O[C@H](C/C=C/[C@H](O)c1ccccc1)CCOCc1ccccc1. The molecule has 0 aliphatic heterocycles. The van der Waals surface area contributed by atoms with Gasteiger partial charge in [-0.2, -0.15) is 0 Å². The van der Waals surface area contributed by atoms with Gasteiger partial charge in [0.25, 0.3) is 0 Å². The Hall–Kier alpha value is -1.94. The van der Waals surface area contributed by atoms with Gasteiger partial charge in [0.05, 0.1) is 18.8 Å². The zero-order valence-corrected chi connectivity index (χ0v) is 13.2. The van der Waals surface area contributed by atoms with Crippen LogP contribution in [0.1, 0.15) is 30.1 Å². The molecule has 0 aromatic heterocycles. The van der Waals surface area contributed by atoms with Crippen molar-refractivity contribution in [3.63, 3.8) is 0 Å². The third-order valence-electron chi connectivity index (χ3n) is 3.57. The fourth-order valence-electron chi connectivity index (χ4n) is 2.23. The molecule has 23 heavy (non-hydrogen) atoms. The molecule has 0 saturated carbocycles. The van der Waals surface area contributed by atoms with Crippen molar-refractivity contribution >= 4 is 0 Å². The van der Waals surface area contributed by atoms with Crippen molar-refractivity contribution in [3.8, 4) is 0 Å². The summed E-state index contributed by atoms with van der Waals surface area (Å²) >= 11 is 0. The van der Waals surface area contributed by atoms with Gasteiger partial charge in [-0.3, -0.25) is 0 Å². The van der Waals surface area contributed by atoms with E-state index < -0.39 is 12.2 Å². The molecule has 0 bridgehead atoms. The van der Waals surface area contributed by atoms with E-state index in [0.717, 1.165) is 11.1 Å². The molecule has 3 heteroatoms. The van der Waals surface area contributed by atoms with E-state index >= 15 is 0 Å². The van der Waals surface area contributed by atoms with Gasteiger partial charge in [-0.1, -0.05) is 72.8 Å². The van der Waals surface area contributed by atoms with Crippen LogP contribution in [0.2, 0.25) is 0 Å².